The Morgan fingerprint density at radius 3 is 1.97 bits per heavy atom. The standard InChI is InChI=1S/C24H23ClN3OP/c1-19-12-13-22(23(25)18-19)24(14-15-26)30(29)27(20-8-4-2-5-9-20)16-17-28(30)21-10-6-3-7-11-21/h2-13,18,24H,14,16-17H2,1H3. The molecule has 1 heterocycles. The second-order valence-corrected chi connectivity index (χ2v) is 10.6. The minimum atomic E-state index is -3.27. The quantitative estimate of drug-likeness (QED) is 0.412. The molecule has 1 fully saturated rings. The lowest BCUT2D eigenvalue weighted by molar-refractivity contribution is 0.565. The number of benzene rings is 3. The number of hydrogen-bond donors (Lipinski definition) is 0. The number of anilines is 2. The Labute approximate surface area is 182 Å². The van der Waals surface area contributed by atoms with Crippen molar-refractivity contribution in [2.45, 2.75) is 19.0 Å². The Kier molecular flexibility index (Phi) is 5.86. The number of rotatable bonds is 5. The van der Waals surface area contributed by atoms with Crippen LogP contribution in [0, 0.1) is 18.3 Å². The molecule has 0 bridgehead atoms. The average molecular weight is 436 g/mol. The molecule has 4 rings (SSSR count). The number of nitrogens with zero attached hydrogens (tertiary/aromatic N) is 3. The highest BCUT2D eigenvalue weighted by atomic mass is 35.5. The molecule has 30 heavy (non-hydrogen) atoms. The fourth-order valence-electron chi connectivity index (χ4n) is 4.13. The van der Waals surface area contributed by atoms with Crippen LogP contribution < -0.4 is 9.34 Å². The first kappa shape index (κ1) is 20.5. The average Bonchev–Trinajstić information content (AvgIpc) is 3.12. The number of halogens is 1. The van der Waals surface area contributed by atoms with Gasteiger partial charge in [-0.15, -0.1) is 0 Å². The summed E-state index contributed by atoms with van der Waals surface area (Å²) in [6.07, 6.45) is 0.118. The normalized spacial score (nSPS) is 16.3. The minimum absolute atomic E-state index is 0.118. The third-order valence-corrected chi connectivity index (χ3v) is 9.38. The molecule has 3 aromatic rings. The molecule has 0 aliphatic carbocycles. The van der Waals surface area contributed by atoms with Gasteiger partial charge in [0.2, 0.25) is 0 Å². The maximum atomic E-state index is 15.0. The Hall–Kier alpha value is -2.73. The van der Waals surface area contributed by atoms with Crippen LogP contribution in [0.4, 0.5) is 11.4 Å². The summed E-state index contributed by atoms with van der Waals surface area (Å²) in [5.74, 6) is 0. The van der Waals surface area contributed by atoms with Gasteiger partial charge in [0.05, 0.1) is 18.1 Å². The molecule has 1 unspecified atom stereocenters. The van der Waals surface area contributed by atoms with Crippen LogP contribution in [0.2, 0.25) is 5.02 Å². The van der Waals surface area contributed by atoms with Crippen molar-refractivity contribution in [3.8, 4) is 6.07 Å². The van der Waals surface area contributed by atoms with Crippen LogP contribution in [0.3, 0.4) is 0 Å². The number of nitriles is 1. The van der Waals surface area contributed by atoms with Crippen LogP contribution in [0.25, 0.3) is 0 Å². The summed E-state index contributed by atoms with van der Waals surface area (Å²) in [6.45, 7) is 3.20. The first-order valence-electron chi connectivity index (χ1n) is 9.94. The highest BCUT2D eigenvalue weighted by Gasteiger charge is 2.50. The molecule has 1 aliphatic rings. The topological polar surface area (TPSA) is 47.3 Å². The number of para-hydroxylation sites is 2. The van der Waals surface area contributed by atoms with E-state index in [4.69, 9.17) is 11.6 Å². The zero-order valence-corrected chi connectivity index (χ0v) is 18.4. The number of hydrogen-bond acceptors (Lipinski definition) is 2. The minimum Gasteiger partial charge on any atom is -0.304 e. The SMILES string of the molecule is Cc1ccc(C(CC#N)P2(=O)N(c3ccccc3)CCN2c2ccccc2)c(Cl)c1. The van der Waals surface area contributed by atoms with E-state index in [-0.39, 0.29) is 6.42 Å². The maximum Gasteiger partial charge on any atom is 0.271 e. The highest BCUT2D eigenvalue weighted by molar-refractivity contribution is 7.68. The molecule has 1 saturated heterocycles. The molecular formula is C24H23ClN3OP. The van der Waals surface area contributed by atoms with E-state index >= 15 is 4.57 Å². The Morgan fingerprint density at radius 2 is 1.50 bits per heavy atom. The van der Waals surface area contributed by atoms with Gasteiger partial charge in [-0.25, -0.2) is 0 Å². The van der Waals surface area contributed by atoms with Crippen molar-refractivity contribution in [3.05, 3.63) is 95.0 Å². The summed E-state index contributed by atoms with van der Waals surface area (Å²) >= 11 is 6.62. The Balaban J connectivity index is 1.91. The van der Waals surface area contributed by atoms with Crippen molar-refractivity contribution < 1.29 is 4.57 Å². The van der Waals surface area contributed by atoms with Gasteiger partial charge in [-0.05, 0) is 48.4 Å². The van der Waals surface area contributed by atoms with E-state index in [2.05, 4.69) is 6.07 Å². The second-order valence-electron chi connectivity index (χ2n) is 7.41. The zero-order valence-electron chi connectivity index (χ0n) is 16.8. The van der Waals surface area contributed by atoms with Gasteiger partial charge in [-0.2, -0.15) is 5.26 Å². The van der Waals surface area contributed by atoms with Gasteiger partial charge >= 0.3 is 0 Å². The molecule has 152 valence electrons. The van der Waals surface area contributed by atoms with Crippen molar-refractivity contribution >= 4 is 30.4 Å². The van der Waals surface area contributed by atoms with Crippen molar-refractivity contribution in [3.63, 3.8) is 0 Å². The van der Waals surface area contributed by atoms with E-state index in [0.29, 0.717) is 18.1 Å². The van der Waals surface area contributed by atoms with Gasteiger partial charge in [0.1, 0.15) is 0 Å². The molecule has 0 N–H and O–H groups in total. The van der Waals surface area contributed by atoms with E-state index in [0.717, 1.165) is 22.5 Å². The van der Waals surface area contributed by atoms with Gasteiger partial charge in [-0.3, -0.25) is 4.57 Å². The summed E-state index contributed by atoms with van der Waals surface area (Å²) in [5, 5.41) is 10.2. The third-order valence-electron chi connectivity index (χ3n) is 5.53. The summed E-state index contributed by atoms with van der Waals surface area (Å²) < 4.78 is 19.0. The lowest BCUT2D eigenvalue weighted by Crippen LogP contribution is -2.24. The fraction of sp³-hybridized carbons (Fsp3) is 0.208. The monoisotopic (exact) mass is 435 g/mol. The summed E-state index contributed by atoms with van der Waals surface area (Å²) in [6, 6.07) is 27.6. The molecule has 6 heteroatoms. The van der Waals surface area contributed by atoms with E-state index < -0.39 is 13.1 Å². The van der Waals surface area contributed by atoms with E-state index in [1.165, 1.54) is 0 Å². The first-order valence-corrected chi connectivity index (χ1v) is 12.0. The molecule has 0 saturated carbocycles. The molecule has 1 aliphatic heterocycles. The van der Waals surface area contributed by atoms with Gasteiger partial charge in [0.15, 0.2) is 0 Å². The summed E-state index contributed by atoms with van der Waals surface area (Å²) in [5.41, 5.74) is 3.05. The van der Waals surface area contributed by atoms with Crippen molar-refractivity contribution in [2.24, 2.45) is 0 Å². The predicted molar refractivity (Wildman–Crippen MR) is 124 cm³/mol. The van der Waals surface area contributed by atoms with Gasteiger partial charge in [0, 0.05) is 29.5 Å². The van der Waals surface area contributed by atoms with Crippen LogP contribution >= 0.6 is 19.0 Å². The molecule has 0 aromatic heterocycles. The van der Waals surface area contributed by atoms with Gasteiger partial charge < -0.3 is 9.34 Å². The van der Waals surface area contributed by atoms with Crippen LogP contribution in [0.15, 0.2) is 78.9 Å². The molecule has 3 aromatic carbocycles. The van der Waals surface area contributed by atoms with E-state index in [1.807, 2.05) is 95.1 Å². The second kappa shape index (κ2) is 8.56. The van der Waals surface area contributed by atoms with Crippen LogP contribution in [-0.2, 0) is 4.57 Å². The van der Waals surface area contributed by atoms with Crippen LogP contribution in [0.1, 0.15) is 23.2 Å². The first-order chi connectivity index (χ1) is 14.6. The number of aryl methyl sites for hydroxylation is 1. The summed E-state index contributed by atoms with van der Waals surface area (Å²) in [4.78, 5) is 0. The van der Waals surface area contributed by atoms with Gasteiger partial charge in [0.25, 0.3) is 7.44 Å². The molecular weight excluding hydrogens is 413 g/mol. The predicted octanol–water partition coefficient (Wildman–Crippen LogP) is 6.82. The Morgan fingerprint density at radius 1 is 0.967 bits per heavy atom. The molecule has 1 atom stereocenters. The largest absolute Gasteiger partial charge is 0.304 e. The lowest BCUT2D eigenvalue weighted by atomic mass is 10.1. The van der Waals surface area contributed by atoms with Gasteiger partial charge in [-0.1, -0.05) is 60.1 Å². The third kappa shape index (κ3) is 3.60. The van der Waals surface area contributed by atoms with Crippen molar-refractivity contribution in [1.82, 2.24) is 0 Å². The molecule has 4 nitrogen and oxygen atoms in total. The molecule has 0 amide bonds. The van der Waals surface area contributed by atoms with E-state index in [1.54, 1.807) is 0 Å². The lowest BCUT2D eigenvalue weighted by Gasteiger charge is -2.38. The molecule has 0 spiro atoms. The van der Waals surface area contributed by atoms with Crippen molar-refractivity contribution in [1.29, 1.82) is 5.26 Å². The zero-order chi connectivity index (χ0) is 21.1. The van der Waals surface area contributed by atoms with Crippen LogP contribution in [-0.4, -0.2) is 13.1 Å². The fourth-order valence-corrected chi connectivity index (χ4v) is 8.10. The van der Waals surface area contributed by atoms with E-state index in [9.17, 15) is 5.26 Å². The summed E-state index contributed by atoms with van der Waals surface area (Å²) in [7, 11) is -3.27. The Bertz CT molecular complexity index is 1060. The highest BCUT2D eigenvalue weighted by Crippen LogP contribution is 2.70. The van der Waals surface area contributed by atoms with Crippen molar-refractivity contribution in [2.75, 3.05) is 22.4 Å². The smallest absolute Gasteiger partial charge is 0.271 e. The molecule has 0 radical (unpaired) electrons. The maximum absolute atomic E-state index is 15.0. The van der Waals surface area contributed by atoms with Crippen LogP contribution in [0.5, 0.6) is 0 Å².